The van der Waals surface area contributed by atoms with E-state index < -0.39 is 30.3 Å². The van der Waals surface area contributed by atoms with Gasteiger partial charge >= 0.3 is 11.9 Å². The van der Waals surface area contributed by atoms with E-state index in [-0.39, 0.29) is 81.6 Å². The zero-order chi connectivity index (χ0) is 65.1. The van der Waals surface area contributed by atoms with Crippen LogP contribution in [0.3, 0.4) is 0 Å². The van der Waals surface area contributed by atoms with Crippen molar-refractivity contribution < 1.29 is 48.4 Å². The van der Waals surface area contributed by atoms with Gasteiger partial charge in [-0.15, -0.1) is 5.10 Å². The lowest BCUT2D eigenvalue weighted by Gasteiger charge is -2.28. The molecule has 3 amide bonds. The van der Waals surface area contributed by atoms with E-state index in [1.165, 1.54) is 42.5 Å². The molecular weight excluding hydrogens is 1200 g/mol. The monoisotopic (exact) mass is 1260 g/mol. The number of carbonyl (C=O) groups excluding carboxylic acids is 3. The zero-order valence-corrected chi connectivity index (χ0v) is 51.4. The average molecular weight is 1260 g/mol. The molecule has 0 saturated carbocycles. The fourth-order valence-corrected chi connectivity index (χ4v) is 11.1. The molecule has 0 radical (unpaired) electrons. The van der Waals surface area contributed by atoms with Crippen molar-refractivity contribution in [2.45, 2.75) is 46.5 Å². The summed E-state index contributed by atoms with van der Waals surface area (Å²) < 4.78 is 14.3. The number of nitrogens with one attached hydrogen (secondary N) is 4. The second-order valence-corrected chi connectivity index (χ2v) is 22.8. The third kappa shape index (κ3) is 15.1. The van der Waals surface area contributed by atoms with Gasteiger partial charge < -0.3 is 55.5 Å². The number of hydrogen-bond donors (Lipinski definition) is 7. The molecule has 1 aromatic heterocycles. The van der Waals surface area contributed by atoms with Gasteiger partial charge in [0.1, 0.15) is 41.7 Å². The SMILES string of the molecule is CC(C)CN(C(=O)c1ccc(N(Cc2cccc3ccccc23)C(=O)c2ccc(NCc3ccccc3)cc2)c(OCc2cn(CCCNC(=S)Nc3ccc(-c4c5ccc(=O)cc-5oc5cc(O)ccc45)c(C(=O)O)c3)nn2)c1)c1ccc(C(=O)NCC(=O)O)cc1. The fourth-order valence-electron chi connectivity index (χ4n) is 10.9. The first kappa shape index (κ1) is 62.9. The van der Waals surface area contributed by atoms with Gasteiger partial charge in [0.05, 0.1) is 24.0 Å². The number of thiocarbonyl (C=S) groups is 1. The lowest BCUT2D eigenvalue weighted by molar-refractivity contribution is -0.135. The summed E-state index contributed by atoms with van der Waals surface area (Å²) in [6.07, 6.45) is 2.26. The highest BCUT2D eigenvalue weighted by molar-refractivity contribution is 7.80. The number of benzene rings is 9. The molecule has 93 heavy (non-hydrogen) atoms. The molecular formula is C72H63N9O11S. The number of aromatic carboxylic acids is 1. The van der Waals surface area contributed by atoms with Crippen LogP contribution in [0.4, 0.5) is 22.7 Å². The minimum atomic E-state index is -1.20. The fraction of sp³-hybridized carbons (Fsp3) is 0.153. The predicted octanol–water partition coefficient (Wildman–Crippen LogP) is 12.2. The number of amides is 3. The summed E-state index contributed by atoms with van der Waals surface area (Å²) in [7, 11) is 0. The number of phenolic OH excluding ortho intramolecular Hbond substituents is 1. The van der Waals surface area contributed by atoms with Crippen LogP contribution in [0, 0.1) is 5.92 Å². The maximum Gasteiger partial charge on any atom is 0.336 e. The Balaban J connectivity index is 0.831. The minimum absolute atomic E-state index is 0.00134. The summed E-state index contributed by atoms with van der Waals surface area (Å²) in [4.78, 5) is 82.6. The number of phenols is 1. The number of hydrogen-bond acceptors (Lipinski definition) is 13. The molecule has 1 aliphatic heterocycles. The summed E-state index contributed by atoms with van der Waals surface area (Å²) in [5, 5.41) is 53.4. The Kier molecular flexibility index (Phi) is 19.2. The Morgan fingerprint density at radius 2 is 1.42 bits per heavy atom. The maximum absolute atomic E-state index is 15.3. The molecule has 21 heteroatoms. The van der Waals surface area contributed by atoms with Crippen molar-refractivity contribution in [3.8, 4) is 33.9 Å². The van der Waals surface area contributed by atoms with Gasteiger partial charge in [0.25, 0.3) is 17.7 Å². The second-order valence-electron chi connectivity index (χ2n) is 22.4. The Hall–Kier alpha value is -11.7. The summed E-state index contributed by atoms with van der Waals surface area (Å²) in [6.45, 7) is 5.05. The number of aliphatic carboxylic acids is 1. The van der Waals surface area contributed by atoms with Gasteiger partial charge in [-0.25, -0.2) is 4.79 Å². The predicted molar refractivity (Wildman–Crippen MR) is 360 cm³/mol. The van der Waals surface area contributed by atoms with Gasteiger partial charge in [0.15, 0.2) is 10.5 Å². The molecule has 9 aromatic rings. The van der Waals surface area contributed by atoms with Crippen molar-refractivity contribution in [3.63, 3.8) is 0 Å². The van der Waals surface area contributed by atoms with Crippen molar-refractivity contribution >= 4 is 91.5 Å². The normalized spacial score (nSPS) is 11.1. The van der Waals surface area contributed by atoms with E-state index >= 15 is 4.79 Å². The Morgan fingerprint density at radius 3 is 2.19 bits per heavy atom. The largest absolute Gasteiger partial charge is 0.508 e. The van der Waals surface area contributed by atoms with E-state index in [9.17, 15) is 34.2 Å². The van der Waals surface area contributed by atoms with E-state index in [1.54, 1.807) is 87.4 Å². The number of carbonyl (C=O) groups is 5. The number of nitrogens with zero attached hydrogens (tertiary/aromatic N) is 5. The maximum atomic E-state index is 15.3. The zero-order valence-electron chi connectivity index (χ0n) is 50.5. The van der Waals surface area contributed by atoms with Crippen molar-refractivity contribution in [2.75, 3.05) is 40.1 Å². The van der Waals surface area contributed by atoms with Crippen molar-refractivity contribution in [2.24, 2.45) is 5.92 Å². The number of aromatic nitrogens is 3. The molecule has 1 aliphatic carbocycles. The van der Waals surface area contributed by atoms with Gasteiger partial charge in [-0.2, -0.15) is 0 Å². The molecule has 468 valence electrons. The molecule has 20 nitrogen and oxygen atoms in total. The van der Waals surface area contributed by atoms with E-state index in [4.69, 9.17) is 26.5 Å². The molecule has 7 N–H and O–H groups in total. The van der Waals surface area contributed by atoms with Crippen LogP contribution in [0.25, 0.3) is 44.2 Å². The molecule has 2 heterocycles. The second kappa shape index (κ2) is 28.4. The van der Waals surface area contributed by atoms with Crippen LogP contribution in [-0.2, 0) is 31.0 Å². The van der Waals surface area contributed by atoms with Gasteiger partial charge in [-0.05, 0) is 155 Å². The molecule has 2 aliphatic rings. The van der Waals surface area contributed by atoms with Crippen molar-refractivity contribution in [3.05, 3.63) is 250 Å². The first-order valence-electron chi connectivity index (χ1n) is 29.9. The molecule has 0 bridgehead atoms. The molecule has 0 saturated heterocycles. The number of ether oxygens (including phenoxy) is 1. The van der Waals surface area contributed by atoms with Crippen LogP contribution in [0.15, 0.2) is 210 Å². The van der Waals surface area contributed by atoms with Crippen LogP contribution in [0.1, 0.15) is 78.5 Å². The van der Waals surface area contributed by atoms with Crippen LogP contribution >= 0.6 is 12.2 Å². The van der Waals surface area contributed by atoms with Gasteiger partial charge in [-0.1, -0.05) is 97.9 Å². The van der Waals surface area contributed by atoms with E-state index in [1.807, 2.05) is 98.8 Å². The first-order valence-corrected chi connectivity index (χ1v) is 30.3. The molecule has 0 fully saturated rings. The highest BCUT2D eigenvalue weighted by Crippen LogP contribution is 2.43. The van der Waals surface area contributed by atoms with E-state index in [2.05, 4.69) is 31.6 Å². The molecule has 11 rings (SSSR count). The highest BCUT2D eigenvalue weighted by atomic mass is 32.1. The van der Waals surface area contributed by atoms with Crippen LogP contribution in [-0.4, -0.2) is 84.7 Å². The summed E-state index contributed by atoms with van der Waals surface area (Å²) in [5.41, 5.74) is 6.67. The lowest BCUT2D eigenvalue weighted by Crippen LogP contribution is -2.35. The Morgan fingerprint density at radius 1 is 0.699 bits per heavy atom. The smallest absolute Gasteiger partial charge is 0.336 e. The third-order valence-electron chi connectivity index (χ3n) is 15.3. The van der Waals surface area contributed by atoms with E-state index in [0.29, 0.717) is 76.5 Å². The van der Waals surface area contributed by atoms with E-state index in [0.717, 1.165) is 27.6 Å². The van der Waals surface area contributed by atoms with Gasteiger partial charge in [-0.3, -0.25) is 28.7 Å². The molecule has 0 atom stereocenters. The van der Waals surface area contributed by atoms with Crippen LogP contribution < -0.4 is 41.2 Å². The van der Waals surface area contributed by atoms with Crippen molar-refractivity contribution in [1.29, 1.82) is 0 Å². The van der Waals surface area contributed by atoms with Crippen LogP contribution in [0.2, 0.25) is 0 Å². The number of aryl methyl sites for hydroxylation is 1. The van der Waals surface area contributed by atoms with Crippen molar-refractivity contribution in [1.82, 2.24) is 25.6 Å². The standard InChI is InChI=1S/C72H63N9O11S/c1-44(2)40-80(54-24-18-47(19-25-54)68(86)75-39-66(84)85)70(88)49-20-31-62(81(41-50-14-8-13-46-12-6-7-15-57(46)50)69(87)48-16-21-51(22-17-48)74-38-45-10-4-3-5-11-45)65(34-49)91-43-53-42-79(78-77-53)33-9-32-73-72(93)76-52-23-28-58(61(35-52)71(89)90)67-59-29-26-55(82)36-63(59)92-64-37-56(83)27-30-60(64)67/h3-8,10-31,34-37,42,44,74,82H,9,32-33,38-41,43H2,1-2H3,(H,75,86)(H,84,85)(H,89,90)(H2,73,76,93). The number of carboxylic acid groups (broad SMARTS) is 2. The average Bonchev–Trinajstić information content (AvgIpc) is 0.978. The number of aromatic hydroxyl groups is 1. The number of rotatable bonds is 24. The summed E-state index contributed by atoms with van der Waals surface area (Å²) in [6, 6.07) is 56.0. The quantitative estimate of drug-likeness (QED) is 0.0168. The topological polar surface area (TPSA) is 271 Å². The van der Waals surface area contributed by atoms with Crippen LogP contribution in [0.5, 0.6) is 11.5 Å². The number of carboxylic acids is 2. The van der Waals surface area contributed by atoms with Gasteiger partial charge in [0, 0.05) is 88.6 Å². The Labute approximate surface area is 539 Å². The number of anilines is 4. The molecule has 0 unspecified atom stereocenters. The summed E-state index contributed by atoms with van der Waals surface area (Å²) >= 11 is 5.64. The highest BCUT2D eigenvalue weighted by Gasteiger charge is 2.28. The van der Waals surface area contributed by atoms with Gasteiger partial charge in [0.2, 0.25) is 0 Å². The minimum Gasteiger partial charge on any atom is -0.508 e. The summed E-state index contributed by atoms with van der Waals surface area (Å²) in [5.74, 6) is -3.32. The Bertz CT molecular complexity index is 4630. The first-order chi connectivity index (χ1) is 45.0. The lowest BCUT2D eigenvalue weighted by atomic mass is 9.90. The third-order valence-corrected chi connectivity index (χ3v) is 15.6. The molecule has 8 aromatic carbocycles. The molecule has 0 spiro atoms. The number of fused-ring (bicyclic) bond motifs is 3.